The van der Waals surface area contributed by atoms with Crippen LogP contribution in [-0.2, 0) is 4.79 Å². The number of carbonyl (C=O) groups is 1. The zero-order valence-corrected chi connectivity index (χ0v) is 20.0. The topological polar surface area (TPSA) is 118 Å². The highest BCUT2D eigenvalue weighted by Crippen LogP contribution is 2.35. The molecule has 1 aromatic heterocycles. The van der Waals surface area contributed by atoms with Crippen LogP contribution in [0.15, 0.2) is 90.0 Å². The van der Waals surface area contributed by atoms with E-state index in [1.807, 2.05) is 60.7 Å². The van der Waals surface area contributed by atoms with Crippen molar-refractivity contribution in [3.8, 4) is 34.2 Å². The summed E-state index contributed by atoms with van der Waals surface area (Å²) >= 11 is 1.10. The molecule has 4 aromatic rings. The number of nitrogens with one attached hydrogen (secondary N) is 1. The Labute approximate surface area is 211 Å². The van der Waals surface area contributed by atoms with Gasteiger partial charge in [0, 0.05) is 17.2 Å². The van der Waals surface area contributed by atoms with Crippen LogP contribution >= 0.6 is 11.8 Å². The maximum atomic E-state index is 12.7. The number of carbonyl (C=O) groups excluding carboxylic acids is 1. The van der Waals surface area contributed by atoms with Crippen LogP contribution in [0, 0.1) is 21.4 Å². The molecule has 0 atom stereocenters. The standard InChI is InChI=1S/C27H20N4O4S/c1-35-20-13-11-18(12-14-20)21-15-24(19-7-3-2-4-8-19)30-27(22(21)16-28)36-17-26(32)29-23-9-5-6-10-25(23)31(33)34/h2-15H,17H2,1H3,(H,29,32). The number of methoxy groups -OCH3 is 1. The maximum Gasteiger partial charge on any atom is 0.292 e. The molecule has 0 saturated heterocycles. The molecule has 1 amide bonds. The van der Waals surface area contributed by atoms with Crippen LogP contribution in [-0.4, -0.2) is 28.7 Å². The number of ether oxygens (including phenoxy) is 1. The smallest absolute Gasteiger partial charge is 0.292 e. The largest absolute Gasteiger partial charge is 0.497 e. The van der Waals surface area contributed by atoms with Crippen LogP contribution in [0.4, 0.5) is 11.4 Å². The van der Waals surface area contributed by atoms with E-state index in [0.717, 1.165) is 22.9 Å². The fourth-order valence-electron chi connectivity index (χ4n) is 3.55. The van der Waals surface area contributed by atoms with Gasteiger partial charge in [-0.15, -0.1) is 0 Å². The van der Waals surface area contributed by atoms with Crippen LogP contribution < -0.4 is 10.1 Å². The number of hydrogen-bond acceptors (Lipinski definition) is 7. The fourth-order valence-corrected chi connectivity index (χ4v) is 4.35. The quantitative estimate of drug-likeness (QED) is 0.182. The number of rotatable bonds is 8. The molecule has 0 aliphatic rings. The molecule has 0 saturated carbocycles. The van der Waals surface area contributed by atoms with Crippen LogP contribution in [0.1, 0.15) is 5.56 Å². The molecule has 0 spiro atoms. The van der Waals surface area contributed by atoms with Crippen LogP contribution in [0.3, 0.4) is 0 Å². The van der Waals surface area contributed by atoms with E-state index in [1.165, 1.54) is 18.2 Å². The Hall–Kier alpha value is -4.68. The maximum absolute atomic E-state index is 12.7. The van der Waals surface area contributed by atoms with Gasteiger partial charge in [0.15, 0.2) is 0 Å². The first-order valence-electron chi connectivity index (χ1n) is 10.8. The molecule has 9 heteroatoms. The number of aromatic nitrogens is 1. The summed E-state index contributed by atoms with van der Waals surface area (Å²) in [7, 11) is 1.58. The van der Waals surface area contributed by atoms with Crippen molar-refractivity contribution in [3.63, 3.8) is 0 Å². The van der Waals surface area contributed by atoms with Crippen molar-refractivity contribution in [2.24, 2.45) is 0 Å². The summed E-state index contributed by atoms with van der Waals surface area (Å²) in [5.41, 5.74) is 3.25. The molecule has 178 valence electrons. The van der Waals surface area contributed by atoms with Gasteiger partial charge in [-0.1, -0.05) is 66.4 Å². The third-order valence-electron chi connectivity index (χ3n) is 5.28. The number of amides is 1. The van der Waals surface area contributed by atoms with Gasteiger partial charge >= 0.3 is 0 Å². The molecular formula is C27H20N4O4S. The van der Waals surface area contributed by atoms with E-state index in [4.69, 9.17) is 4.74 Å². The van der Waals surface area contributed by atoms with Crippen molar-refractivity contribution >= 4 is 29.0 Å². The van der Waals surface area contributed by atoms with Crippen molar-refractivity contribution in [2.75, 3.05) is 18.2 Å². The van der Waals surface area contributed by atoms with E-state index in [-0.39, 0.29) is 17.1 Å². The van der Waals surface area contributed by atoms with Gasteiger partial charge in [0.25, 0.3) is 5.69 Å². The van der Waals surface area contributed by atoms with Crippen LogP contribution in [0.5, 0.6) is 5.75 Å². The number of nitro benzene ring substituents is 1. The average molecular weight is 497 g/mol. The van der Waals surface area contributed by atoms with Crippen molar-refractivity contribution in [3.05, 3.63) is 101 Å². The second-order valence-corrected chi connectivity index (χ2v) is 8.52. The van der Waals surface area contributed by atoms with Crippen molar-refractivity contribution in [2.45, 2.75) is 5.03 Å². The Kier molecular flexibility index (Phi) is 7.58. The van der Waals surface area contributed by atoms with Gasteiger partial charge in [0.05, 0.1) is 29.0 Å². The molecule has 1 heterocycles. The number of nitrogens with zero attached hydrogens (tertiary/aromatic N) is 3. The second kappa shape index (κ2) is 11.2. The minimum absolute atomic E-state index is 0.0893. The number of pyridine rings is 1. The Morgan fingerprint density at radius 3 is 2.42 bits per heavy atom. The van der Waals surface area contributed by atoms with E-state index in [0.29, 0.717) is 27.6 Å². The van der Waals surface area contributed by atoms with E-state index in [2.05, 4.69) is 16.4 Å². The summed E-state index contributed by atoms with van der Waals surface area (Å²) in [6.07, 6.45) is 0. The monoisotopic (exact) mass is 496 g/mol. The molecule has 0 unspecified atom stereocenters. The van der Waals surface area contributed by atoms with E-state index >= 15 is 0 Å². The number of anilines is 1. The predicted molar refractivity (Wildman–Crippen MR) is 139 cm³/mol. The summed E-state index contributed by atoms with van der Waals surface area (Å²) in [5, 5.41) is 24.2. The lowest BCUT2D eigenvalue weighted by atomic mass is 9.99. The molecule has 0 fully saturated rings. The van der Waals surface area contributed by atoms with Gasteiger partial charge in [0.2, 0.25) is 5.91 Å². The van der Waals surface area contributed by atoms with E-state index in [9.17, 15) is 20.2 Å². The summed E-state index contributed by atoms with van der Waals surface area (Å²) in [5.74, 6) is 0.153. The highest BCUT2D eigenvalue weighted by molar-refractivity contribution is 8.00. The molecule has 0 bridgehead atoms. The number of benzene rings is 3. The van der Waals surface area contributed by atoms with Crippen LogP contribution in [0.2, 0.25) is 0 Å². The Morgan fingerprint density at radius 1 is 1.06 bits per heavy atom. The summed E-state index contributed by atoms with van der Waals surface area (Å²) < 4.78 is 5.25. The predicted octanol–water partition coefficient (Wildman–Crippen LogP) is 5.93. The molecule has 0 aliphatic heterocycles. The van der Waals surface area contributed by atoms with Gasteiger partial charge in [-0.2, -0.15) is 5.26 Å². The minimum Gasteiger partial charge on any atom is -0.497 e. The van der Waals surface area contributed by atoms with Crippen molar-refractivity contribution in [1.82, 2.24) is 4.98 Å². The molecule has 3 aromatic carbocycles. The van der Waals surface area contributed by atoms with Crippen LogP contribution in [0.25, 0.3) is 22.4 Å². The highest BCUT2D eigenvalue weighted by Gasteiger charge is 2.19. The summed E-state index contributed by atoms with van der Waals surface area (Å²) in [6.45, 7) is 0. The Balaban J connectivity index is 1.68. The minimum atomic E-state index is -0.553. The van der Waals surface area contributed by atoms with Gasteiger partial charge < -0.3 is 10.1 Å². The van der Waals surface area contributed by atoms with Gasteiger partial charge in [-0.25, -0.2) is 4.98 Å². The first kappa shape index (κ1) is 24.4. The number of hydrogen-bond donors (Lipinski definition) is 1. The average Bonchev–Trinajstić information content (AvgIpc) is 2.92. The lowest BCUT2D eigenvalue weighted by molar-refractivity contribution is -0.383. The lowest BCUT2D eigenvalue weighted by Crippen LogP contribution is -2.15. The van der Waals surface area contributed by atoms with Crippen molar-refractivity contribution < 1.29 is 14.5 Å². The Morgan fingerprint density at radius 2 is 1.75 bits per heavy atom. The molecule has 4 rings (SSSR count). The number of thioether (sulfide) groups is 1. The first-order valence-corrected chi connectivity index (χ1v) is 11.8. The first-order chi connectivity index (χ1) is 17.5. The van der Waals surface area contributed by atoms with E-state index in [1.54, 1.807) is 13.2 Å². The molecular weight excluding hydrogens is 476 g/mol. The van der Waals surface area contributed by atoms with Gasteiger partial charge in [0.1, 0.15) is 22.5 Å². The zero-order valence-electron chi connectivity index (χ0n) is 19.2. The molecule has 0 aliphatic carbocycles. The van der Waals surface area contributed by atoms with E-state index < -0.39 is 10.8 Å². The molecule has 36 heavy (non-hydrogen) atoms. The number of para-hydroxylation sites is 2. The normalized spacial score (nSPS) is 10.3. The zero-order chi connectivity index (χ0) is 25.5. The molecule has 8 nitrogen and oxygen atoms in total. The molecule has 0 radical (unpaired) electrons. The van der Waals surface area contributed by atoms with Gasteiger partial charge in [-0.05, 0) is 29.8 Å². The highest BCUT2D eigenvalue weighted by atomic mass is 32.2. The summed E-state index contributed by atoms with van der Waals surface area (Å²) in [4.78, 5) is 28.0. The SMILES string of the molecule is COc1ccc(-c2cc(-c3ccccc3)nc(SCC(=O)Nc3ccccc3[N+](=O)[O-])c2C#N)cc1. The van der Waals surface area contributed by atoms with Gasteiger partial charge in [-0.3, -0.25) is 14.9 Å². The molecule has 1 N–H and O–H groups in total. The fraction of sp³-hybridized carbons (Fsp3) is 0.0741. The third-order valence-corrected chi connectivity index (χ3v) is 6.26. The lowest BCUT2D eigenvalue weighted by Gasteiger charge is -2.13. The Bertz CT molecular complexity index is 1450. The third kappa shape index (κ3) is 5.51. The number of nitriles is 1. The number of nitro groups is 1. The van der Waals surface area contributed by atoms with Crippen molar-refractivity contribution in [1.29, 1.82) is 5.26 Å². The summed E-state index contributed by atoms with van der Waals surface area (Å²) in [6, 6.07) is 26.9. The second-order valence-electron chi connectivity index (χ2n) is 7.55.